The van der Waals surface area contributed by atoms with Crippen LogP contribution in [0.3, 0.4) is 0 Å². The lowest BCUT2D eigenvalue weighted by Crippen LogP contribution is -2.42. The van der Waals surface area contributed by atoms with Crippen LogP contribution >= 0.6 is 23.2 Å². The summed E-state index contributed by atoms with van der Waals surface area (Å²) in [5.41, 5.74) is 2.05. The molecule has 1 N–H and O–H groups in total. The summed E-state index contributed by atoms with van der Waals surface area (Å²) in [6.07, 6.45) is 1.33. The zero-order valence-corrected chi connectivity index (χ0v) is 18.6. The molecule has 8 heteroatoms. The van der Waals surface area contributed by atoms with Gasteiger partial charge in [-0.3, -0.25) is 0 Å². The predicted octanol–water partition coefficient (Wildman–Crippen LogP) is 5.90. The topological polar surface area (TPSA) is 49.2 Å². The van der Waals surface area contributed by atoms with Gasteiger partial charge in [-0.1, -0.05) is 42.3 Å². The quantitative estimate of drug-likeness (QED) is 0.625. The maximum absolute atomic E-state index is 14.0. The normalized spacial score (nSPS) is 22.6. The van der Waals surface area contributed by atoms with Crippen LogP contribution in [0, 0.1) is 18.3 Å². The Kier molecular flexibility index (Phi) is 5.71. The van der Waals surface area contributed by atoms with E-state index >= 15 is 0 Å². The molecule has 162 valence electrons. The van der Waals surface area contributed by atoms with Crippen molar-refractivity contribution in [3.05, 3.63) is 39.6 Å². The molecule has 1 saturated heterocycles. The predicted molar refractivity (Wildman–Crippen MR) is 115 cm³/mol. The van der Waals surface area contributed by atoms with Gasteiger partial charge in [-0.05, 0) is 37.2 Å². The summed E-state index contributed by atoms with van der Waals surface area (Å²) < 4.78 is 28.0. The van der Waals surface area contributed by atoms with Crippen molar-refractivity contribution in [1.82, 2.24) is 9.97 Å². The minimum atomic E-state index is -2.56. The Hall–Kier alpha value is -1.50. The molecule has 0 amide bonds. The average Bonchev–Trinajstić information content (AvgIpc) is 2.92. The summed E-state index contributed by atoms with van der Waals surface area (Å²) >= 11 is 12.5. The zero-order chi connectivity index (χ0) is 21.7. The van der Waals surface area contributed by atoms with Gasteiger partial charge in [0.2, 0.25) is 5.92 Å². The van der Waals surface area contributed by atoms with E-state index in [-0.39, 0.29) is 30.8 Å². The van der Waals surface area contributed by atoms with E-state index in [0.29, 0.717) is 64.4 Å². The van der Waals surface area contributed by atoms with Crippen LogP contribution in [0.5, 0.6) is 0 Å². The second-order valence-corrected chi connectivity index (χ2v) is 9.46. The summed E-state index contributed by atoms with van der Waals surface area (Å²) in [5.74, 6) is -1.94. The number of aromatic nitrogens is 2. The van der Waals surface area contributed by atoms with Gasteiger partial charge in [0.25, 0.3) is 0 Å². The van der Waals surface area contributed by atoms with E-state index in [1.54, 1.807) is 12.1 Å². The van der Waals surface area contributed by atoms with Crippen LogP contribution in [-0.2, 0) is 6.61 Å². The molecule has 0 bridgehead atoms. The Labute approximate surface area is 185 Å². The molecule has 4 rings (SSSR count). The van der Waals surface area contributed by atoms with Crippen molar-refractivity contribution >= 4 is 29.0 Å². The number of nitrogens with zero attached hydrogens (tertiary/aromatic N) is 3. The standard InChI is InChI=1S/C22H25Cl2F2N3O/c1-13-10-22(25,26)12-21(13)6-8-29(9-7-21)20-17(11-30)28-19(14(2)27-20)15-4-3-5-16(23)18(15)24/h3-5,13,30H,6-12H2,1-2H3/t13-/m1/s1. The Balaban J connectivity index is 1.62. The maximum atomic E-state index is 14.0. The first kappa shape index (κ1) is 21.7. The van der Waals surface area contributed by atoms with Gasteiger partial charge in [0.05, 0.1) is 28.0 Å². The van der Waals surface area contributed by atoms with Crippen LogP contribution in [0.2, 0.25) is 10.0 Å². The van der Waals surface area contributed by atoms with Gasteiger partial charge in [0.15, 0.2) is 5.82 Å². The third-order valence-corrected chi connectivity index (χ3v) is 7.62. The molecular weight excluding hydrogens is 431 g/mol. The van der Waals surface area contributed by atoms with Crippen molar-refractivity contribution in [2.24, 2.45) is 11.3 Å². The van der Waals surface area contributed by atoms with Gasteiger partial charge in [-0.15, -0.1) is 0 Å². The molecule has 1 aliphatic heterocycles. The number of piperidine rings is 1. The molecule has 1 aliphatic carbocycles. The highest BCUT2D eigenvalue weighted by Crippen LogP contribution is 2.56. The van der Waals surface area contributed by atoms with E-state index in [9.17, 15) is 13.9 Å². The summed E-state index contributed by atoms with van der Waals surface area (Å²) in [6, 6.07) is 5.31. The van der Waals surface area contributed by atoms with Gasteiger partial charge in [-0.25, -0.2) is 18.7 Å². The molecule has 2 aromatic rings. The van der Waals surface area contributed by atoms with E-state index in [1.807, 2.05) is 19.9 Å². The van der Waals surface area contributed by atoms with Crippen LogP contribution in [-0.4, -0.2) is 34.1 Å². The van der Waals surface area contributed by atoms with Crippen LogP contribution in [0.15, 0.2) is 18.2 Å². The Morgan fingerprint density at radius 1 is 1.20 bits per heavy atom. The SMILES string of the molecule is Cc1nc(N2CCC3(CC2)CC(F)(F)C[C@H]3C)c(CO)nc1-c1cccc(Cl)c1Cl. The number of rotatable bonds is 3. The molecule has 30 heavy (non-hydrogen) atoms. The molecule has 0 unspecified atom stereocenters. The lowest BCUT2D eigenvalue weighted by molar-refractivity contribution is -0.00688. The second-order valence-electron chi connectivity index (χ2n) is 8.67. The molecule has 1 spiro atoms. The van der Waals surface area contributed by atoms with Crippen molar-refractivity contribution in [1.29, 1.82) is 0 Å². The number of halogens is 4. The van der Waals surface area contributed by atoms with Gasteiger partial charge < -0.3 is 10.0 Å². The number of hydrogen-bond donors (Lipinski definition) is 1. The number of benzene rings is 1. The van der Waals surface area contributed by atoms with Crippen LogP contribution in [0.25, 0.3) is 11.3 Å². The molecule has 2 heterocycles. The van der Waals surface area contributed by atoms with Crippen molar-refractivity contribution in [3.63, 3.8) is 0 Å². The molecule has 1 aromatic heterocycles. The maximum Gasteiger partial charge on any atom is 0.249 e. The van der Waals surface area contributed by atoms with Crippen LogP contribution < -0.4 is 4.90 Å². The number of anilines is 1. The monoisotopic (exact) mass is 455 g/mol. The van der Waals surface area contributed by atoms with Crippen molar-refractivity contribution in [2.45, 2.75) is 52.1 Å². The highest BCUT2D eigenvalue weighted by atomic mass is 35.5. The first-order valence-corrected chi connectivity index (χ1v) is 11.0. The summed E-state index contributed by atoms with van der Waals surface area (Å²) in [6.45, 7) is 4.76. The van der Waals surface area contributed by atoms with Gasteiger partial charge >= 0.3 is 0 Å². The summed E-state index contributed by atoms with van der Waals surface area (Å²) in [4.78, 5) is 11.4. The first-order valence-electron chi connectivity index (χ1n) is 10.2. The van der Waals surface area contributed by atoms with E-state index in [1.165, 1.54) is 0 Å². The van der Waals surface area contributed by atoms with Gasteiger partial charge in [0.1, 0.15) is 5.69 Å². The lowest BCUT2D eigenvalue weighted by atomic mass is 9.71. The largest absolute Gasteiger partial charge is 0.390 e. The second kappa shape index (κ2) is 7.88. The van der Waals surface area contributed by atoms with Crippen molar-refractivity contribution in [2.75, 3.05) is 18.0 Å². The Bertz CT molecular complexity index is 962. The van der Waals surface area contributed by atoms with E-state index in [2.05, 4.69) is 9.88 Å². The molecule has 2 aliphatic rings. The lowest BCUT2D eigenvalue weighted by Gasteiger charge is -2.42. The number of alkyl halides is 2. The minimum Gasteiger partial charge on any atom is -0.390 e. The molecule has 0 radical (unpaired) electrons. The molecular formula is C22H25Cl2F2N3O. The summed E-state index contributed by atoms with van der Waals surface area (Å²) in [5, 5.41) is 10.8. The number of aryl methyl sites for hydroxylation is 1. The smallest absolute Gasteiger partial charge is 0.249 e. The highest BCUT2D eigenvalue weighted by Gasteiger charge is 2.54. The highest BCUT2D eigenvalue weighted by molar-refractivity contribution is 6.43. The van der Waals surface area contributed by atoms with Crippen LogP contribution in [0.1, 0.15) is 44.0 Å². The van der Waals surface area contributed by atoms with E-state index in [4.69, 9.17) is 28.2 Å². The third-order valence-electron chi connectivity index (χ3n) is 6.80. The molecule has 2 fully saturated rings. The Morgan fingerprint density at radius 3 is 2.50 bits per heavy atom. The van der Waals surface area contributed by atoms with E-state index in [0.717, 1.165) is 0 Å². The first-order chi connectivity index (χ1) is 14.2. The fourth-order valence-electron chi connectivity index (χ4n) is 5.10. The molecule has 1 atom stereocenters. The summed E-state index contributed by atoms with van der Waals surface area (Å²) in [7, 11) is 0. The number of aliphatic hydroxyl groups is 1. The van der Waals surface area contributed by atoms with Crippen molar-refractivity contribution in [3.8, 4) is 11.3 Å². The molecule has 1 aromatic carbocycles. The third kappa shape index (κ3) is 3.78. The van der Waals surface area contributed by atoms with Gasteiger partial charge in [-0.2, -0.15) is 0 Å². The fraction of sp³-hybridized carbons (Fsp3) is 0.545. The zero-order valence-electron chi connectivity index (χ0n) is 17.1. The average molecular weight is 456 g/mol. The van der Waals surface area contributed by atoms with Gasteiger partial charge in [0, 0.05) is 31.5 Å². The fourth-order valence-corrected chi connectivity index (χ4v) is 5.49. The van der Waals surface area contributed by atoms with Crippen LogP contribution in [0.4, 0.5) is 14.6 Å². The Morgan fingerprint density at radius 2 is 1.90 bits per heavy atom. The molecule has 4 nitrogen and oxygen atoms in total. The minimum absolute atomic E-state index is 0.00660. The van der Waals surface area contributed by atoms with Crippen molar-refractivity contribution < 1.29 is 13.9 Å². The number of aliphatic hydroxyl groups excluding tert-OH is 1. The number of hydrogen-bond acceptors (Lipinski definition) is 4. The van der Waals surface area contributed by atoms with E-state index < -0.39 is 5.92 Å². The molecule has 1 saturated carbocycles.